The quantitative estimate of drug-likeness (QED) is 0.766. The van der Waals surface area contributed by atoms with Gasteiger partial charge >= 0.3 is 0 Å². The Kier molecular flexibility index (Phi) is 3.61. The molecule has 0 aliphatic rings. The van der Waals surface area contributed by atoms with Gasteiger partial charge in [0.2, 0.25) is 5.95 Å². The van der Waals surface area contributed by atoms with E-state index >= 15 is 0 Å². The monoisotopic (exact) mass is 281 g/mol. The number of aromatic nitrogens is 2. The summed E-state index contributed by atoms with van der Waals surface area (Å²) >= 11 is 5.87. The van der Waals surface area contributed by atoms with Crippen molar-refractivity contribution in [3.63, 3.8) is 0 Å². The fraction of sp³-hybridized carbons (Fsp3) is 0. The minimum absolute atomic E-state index is 0.578. The van der Waals surface area contributed by atoms with E-state index in [0.29, 0.717) is 5.95 Å². The van der Waals surface area contributed by atoms with Crippen molar-refractivity contribution in [3.05, 3.63) is 72.0 Å². The maximum atomic E-state index is 5.87. The first-order chi connectivity index (χ1) is 9.81. The molecule has 0 atom stereocenters. The number of hydrogen-bond acceptors (Lipinski definition) is 3. The van der Waals surface area contributed by atoms with Crippen LogP contribution in [0.15, 0.2) is 67.0 Å². The van der Waals surface area contributed by atoms with Gasteiger partial charge in [-0.15, -0.1) is 0 Å². The first kappa shape index (κ1) is 12.6. The fourth-order valence-electron chi connectivity index (χ4n) is 1.83. The third-order valence-electron chi connectivity index (χ3n) is 2.86. The van der Waals surface area contributed by atoms with Crippen LogP contribution in [0.1, 0.15) is 0 Å². The Labute approximate surface area is 122 Å². The summed E-state index contributed by atoms with van der Waals surface area (Å²) in [5.74, 6) is 0.578. The number of nitrogens with zero attached hydrogens (tertiary/aromatic N) is 2. The van der Waals surface area contributed by atoms with Gasteiger partial charge in [-0.2, -0.15) is 0 Å². The van der Waals surface area contributed by atoms with Crippen LogP contribution >= 0.6 is 11.6 Å². The van der Waals surface area contributed by atoms with Gasteiger partial charge in [0, 0.05) is 28.7 Å². The molecule has 0 radical (unpaired) electrons. The largest absolute Gasteiger partial charge is 0.324 e. The molecule has 98 valence electrons. The molecule has 0 amide bonds. The Morgan fingerprint density at radius 3 is 2.05 bits per heavy atom. The summed E-state index contributed by atoms with van der Waals surface area (Å²) < 4.78 is 0. The average molecular weight is 282 g/mol. The molecule has 1 aromatic heterocycles. The van der Waals surface area contributed by atoms with Crippen molar-refractivity contribution < 1.29 is 0 Å². The highest BCUT2D eigenvalue weighted by Crippen LogP contribution is 2.21. The predicted octanol–water partition coefficient (Wildman–Crippen LogP) is 4.54. The summed E-state index contributed by atoms with van der Waals surface area (Å²) in [6.07, 6.45) is 3.59. The molecule has 4 heteroatoms. The van der Waals surface area contributed by atoms with Crippen molar-refractivity contribution in [2.75, 3.05) is 5.32 Å². The van der Waals surface area contributed by atoms with Crippen molar-refractivity contribution in [3.8, 4) is 11.1 Å². The lowest BCUT2D eigenvalue weighted by Crippen LogP contribution is -1.96. The third kappa shape index (κ3) is 2.95. The lowest BCUT2D eigenvalue weighted by Gasteiger charge is -2.05. The molecule has 1 heterocycles. The number of para-hydroxylation sites is 1. The van der Waals surface area contributed by atoms with E-state index in [4.69, 9.17) is 11.6 Å². The average Bonchev–Trinajstić information content (AvgIpc) is 2.50. The molecule has 0 spiro atoms. The minimum Gasteiger partial charge on any atom is -0.324 e. The van der Waals surface area contributed by atoms with E-state index in [2.05, 4.69) is 15.3 Å². The summed E-state index contributed by atoms with van der Waals surface area (Å²) in [6, 6.07) is 17.4. The van der Waals surface area contributed by atoms with E-state index in [9.17, 15) is 0 Å². The second-order valence-electron chi connectivity index (χ2n) is 4.29. The van der Waals surface area contributed by atoms with Crippen LogP contribution in [-0.2, 0) is 0 Å². The lowest BCUT2D eigenvalue weighted by atomic mass is 10.1. The van der Waals surface area contributed by atoms with Crippen LogP contribution in [0, 0.1) is 0 Å². The van der Waals surface area contributed by atoms with Crippen molar-refractivity contribution in [2.24, 2.45) is 0 Å². The Bertz CT molecular complexity index is 679. The normalized spacial score (nSPS) is 10.2. The Morgan fingerprint density at radius 2 is 1.40 bits per heavy atom. The maximum Gasteiger partial charge on any atom is 0.227 e. The number of halogens is 1. The van der Waals surface area contributed by atoms with Crippen LogP contribution in [0.25, 0.3) is 11.1 Å². The minimum atomic E-state index is 0.578. The van der Waals surface area contributed by atoms with Gasteiger partial charge in [-0.05, 0) is 29.8 Å². The summed E-state index contributed by atoms with van der Waals surface area (Å²) in [7, 11) is 0. The standard InChI is InChI=1S/C16H12ClN3/c17-14-8-6-12(7-9-14)13-10-18-16(19-11-13)20-15-4-2-1-3-5-15/h1-11H,(H,18,19,20). The summed E-state index contributed by atoms with van der Waals surface area (Å²) in [4.78, 5) is 8.64. The van der Waals surface area contributed by atoms with Gasteiger partial charge in [-0.3, -0.25) is 0 Å². The van der Waals surface area contributed by atoms with Crippen molar-refractivity contribution in [2.45, 2.75) is 0 Å². The summed E-state index contributed by atoms with van der Waals surface area (Å²) in [5.41, 5.74) is 2.97. The highest BCUT2D eigenvalue weighted by atomic mass is 35.5. The number of benzene rings is 2. The van der Waals surface area contributed by atoms with E-state index < -0.39 is 0 Å². The zero-order chi connectivity index (χ0) is 13.8. The van der Waals surface area contributed by atoms with Crippen LogP contribution in [-0.4, -0.2) is 9.97 Å². The number of rotatable bonds is 3. The molecule has 0 saturated heterocycles. The van der Waals surface area contributed by atoms with E-state index in [1.807, 2.05) is 54.6 Å². The van der Waals surface area contributed by atoms with E-state index in [-0.39, 0.29) is 0 Å². The van der Waals surface area contributed by atoms with Crippen molar-refractivity contribution in [1.82, 2.24) is 9.97 Å². The molecule has 0 bridgehead atoms. The molecule has 0 fully saturated rings. The highest BCUT2D eigenvalue weighted by Gasteiger charge is 2.01. The van der Waals surface area contributed by atoms with Gasteiger partial charge in [0.05, 0.1) is 0 Å². The molecule has 3 rings (SSSR count). The highest BCUT2D eigenvalue weighted by molar-refractivity contribution is 6.30. The third-order valence-corrected chi connectivity index (χ3v) is 3.11. The van der Waals surface area contributed by atoms with Gasteiger partial charge < -0.3 is 5.32 Å². The molecular formula is C16H12ClN3. The maximum absolute atomic E-state index is 5.87. The van der Waals surface area contributed by atoms with Crippen LogP contribution in [0.2, 0.25) is 5.02 Å². The van der Waals surface area contributed by atoms with Gasteiger partial charge in [-0.25, -0.2) is 9.97 Å². The fourth-order valence-corrected chi connectivity index (χ4v) is 1.96. The first-order valence-electron chi connectivity index (χ1n) is 6.21. The Hall–Kier alpha value is -2.39. The topological polar surface area (TPSA) is 37.8 Å². The Balaban J connectivity index is 1.79. The predicted molar refractivity (Wildman–Crippen MR) is 82.2 cm³/mol. The van der Waals surface area contributed by atoms with E-state index in [0.717, 1.165) is 21.8 Å². The zero-order valence-electron chi connectivity index (χ0n) is 10.6. The lowest BCUT2D eigenvalue weighted by molar-refractivity contribution is 1.17. The van der Waals surface area contributed by atoms with Crippen molar-refractivity contribution >= 4 is 23.2 Å². The van der Waals surface area contributed by atoms with Gasteiger partial charge in [0.1, 0.15) is 0 Å². The van der Waals surface area contributed by atoms with E-state index in [1.165, 1.54) is 0 Å². The molecule has 20 heavy (non-hydrogen) atoms. The van der Waals surface area contributed by atoms with E-state index in [1.54, 1.807) is 12.4 Å². The summed E-state index contributed by atoms with van der Waals surface area (Å²) in [6.45, 7) is 0. The second kappa shape index (κ2) is 5.72. The van der Waals surface area contributed by atoms with Gasteiger partial charge in [0.15, 0.2) is 0 Å². The number of hydrogen-bond donors (Lipinski definition) is 1. The summed E-state index contributed by atoms with van der Waals surface area (Å²) in [5, 5.41) is 3.87. The number of anilines is 2. The van der Waals surface area contributed by atoms with Crippen LogP contribution in [0.3, 0.4) is 0 Å². The SMILES string of the molecule is Clc1ccc(-c2cnc(Nc3ccccc3)nc2)cc1. The Morgan fingerprint density at radius 1 is 0.750 bits per heavy atom. The first-order valence-corrected chi connectivity index (χ1v) is 6.59. The van der Waals surface area contributed by atoms with Gasteiger partial charge in [0.25, 0.3) is 0 Å². The van der Waals surface area contributed by atoms with Crippen LogP contribution in [0.4, 0.5) is 11.6 Å². The second-order valence-corrected chi connectivity index (χ2v) is 4.73. The van der Waals surface area contributed by atoms with Crippen LogP contribution < -0.4 is 5.32 Å². The number of nitrogens with one attached hydrogen (secondary N) is 1. The molecule has 1 N–H and O–H groups in total. The molecule has 3 aromatic rings. The molecule has 0 aliphatic carbocycles. The smallest absolute Gasteiger partial charge is 0.227 e. The van der Waals surface area contributed by atoms with Crippen LogP contribution in [0.5, 0.6) is 0 Å². The molecular weight excluding hydrogens is 270 g/mol. The molecule has 3 nitrogen and oxygen atoms in total. The molecule has 2 aromatic carbocycles. The van der Waals surface area contributed by atoms with Gasteiger partial charge in [-0.1, -0.05) is 41.9 Å². The van der Waals surface area contributed by atoms with Crippen molar-refractivity contribution in [1.29, 1.82) is 0 Å². The molecule has 0 aliphatic heterocycles. The molecule has 0 saturated carbocycles. The zero-order valence-corrected chi connectivity index (χ0v) is 11.4. The molecule has 0 unspecified atom stereocenters.